The lowest BCUT2D eigenvalue weighted by Gasteiger charge is -2.29. The van der Waals surface area contributed by atoms with E-state index in [9.17, 15) is 9.59 Å². The molecule has 1 amide bonds. The van der Waals surface area contributed by atoms with E-state index in [1.54, 1.807) is 0 Å². The summed E-state index contributed by atoms with van der Waals surface area (Å²) in [6.07, 6.45) is 2.83. The second-order valence-corrected chi connectivity index (χ2v) is 4.52. The van der Waals surface area contributed by atoms with Gasteiger partial charge in [-0.3, -0.25) is 9.69 Å². The average molecular weight is 252 g/mol. The number of piperidine rings is 1. The summed E-state index contributed by atoms with van der Waals surface area (Å²) < 4.78 is 5.19. The molecule has 0 saturated carbocycles. The number of hydrogen-bond acceptors (Lipinski definition) is 4. The van der Waals surface area contributed by atoms with E-state index in [4.69, 9.17) is 15.3 Å². The number of furan rings is 1. The van der Waals surface area contributed by atoms with Crippen molar-refractivity contribution in [3.63, 3.8) is 0 Å². The standard InChI is InChI=1S/C12H16N2O4/c13-11(15)8-1-4-14(5-2-8)7-10-9(12(16)17)3-6-18-10/h3,6,8H,1-2,4-5,7H2,(H2,13,15)(H,16,17). The number of carboxylic acids is 1. The van der Waals surface area contributed by atoms with Gasteiger partial charge in [-0.05, 0) is 32.0 Å². The average Bonchev–Trinajstić information content (AvgIpc) is 2.78. The molecule has 18 heavy (non-hydrogen) atoms. The molecule has 1 aromatic heterocycles. The lowest BCUT2D eigenvalue weighted by molar-refractivity contribution is -0.123. The molecule has 6 heteroatoms. The first-order valence-corrected chi connectivity index (χ1v) is 5.89. The number of hydrogen-bond donors (Lipinski definition) is 2. The molecule has 0 unspecified atom stereocenters. The number of carbonyl (C=O) groups excluding carboxylic acids is 1. The van der Waals surface area contributed by atoms with Gasteiger partial charge >= 0.3 is 5.97 Å². The van der Waals surface area contributed by atoms with E-state index in [2.05, 4.69) is 4.90 Å². The van der Waals surface area contributed by atoms with Crippen LogP contribution in [0, 0.1) is 5.92 Å². The predicted molar refractivity (Wildman–Crippen MR) is 62.9 cm³/mol. The Kier molecular flexibility index (Phi) is 3.66. The van der Waals surface area contributed by atoms with Crippen LogP contribution in [0.15, 0.2) is 16.7 Å². The fourth-order valence-corrected chi connectivity index (χ4v) is 2.23. The van der Waals surface area contributed by atoms with Gasteiger partial charge < -0.3 is 15.3 Å². The molecule has 98 valence electrons. The van der Waals surface area contributed by atoms with Crippen LogP contribution >= 0.6 is 0 Å². The van der Waals surface area contributed by atoms with Crippen LogP contribution in [0.5, 0.6) is 0 Å². The summed E-state index contributed by atoms with van der Waals surface area (Å²) in [5, 5.41) is 8.96. The van der Waals surface area contributed by atoms with Gasteiger partial charge in [0.1, 0.15) is 11.3 Å². The first-order chi connectivity index (χ1) is 8.58. The van der Waals surface area contributed by atoms with Gasteiger partial charge in [-0.15, -0.1) is 0 Å². The number of nitrogens with zero attached hydrogens (tertiary/aromatic N) is 1. The zero-order valence-corrected chi connectivity index (χ0v) is 9.96. The SMILES string of the molecule is NC(=O)C1CCN(Cc2occc2C(=O)O)CC1. The van der Waals surface area contributed by atoms with Gasteiger partial charge in [0.25, 0.3) is 0 Å². The molecule has 0 atom stereocenters. The number of nitrogens with two attached hydrogens (primary N) is 1. The van der Waals surface area contributed by atoms with Crippen LogP contribution < -0.4 is 5.73 Å². The van der Waals surface area contributed by atoms with E-state index in [0.29, 0.717) is 12.3 Å². The van der Waals surface area contributed by atoms with Crippen molar-refractivity contribution in [1.82, 2.24) is 4.90 Å². The Morgan fingerprint density at radius 1 is 1.44 bits per heavy atom. The summed E-state index contributed by atoms with van der Waals surface area (Å²) in [4.78, 5) is 24.0. The maximum atomic E-state index is 11.0. The van der Waals surface area contributed by atoms with Crippen molar-refractivity contribution in [3.8, 4) is 0 Å². The Morgan fingerprint density at radius 3 is 2.67 bits per heavy atom. The smallest absolute Gasteiger partial charge is 0.339 e. The molecular weight excluding hydrogens is 236 g/mol. The molecule has 1 aliphatic rings. The van der Waals surface area contributed by atoms with Crippen LogP contribution in [0.3, 0.4) is 0 Å². The molecule has 2 rings (SSSR count). The highest BCUT2D eigenvalue weighted by Crippen LogP contribution is 2.20. The second-order valence-electron chi connectivity index (χ2n) is 4.52. The number of primary amides is 1. The van der Waals surface area contributed by atoms with Crippen molar-refractivity contribution in [2.24, 2.45) is 11.7 Å². The molecule has 1 aromatic rings. The summed E-state index contributed by atoms with van der Waals surface area (Å²) in [7, 11) is 0. The van der Waals surface area contributed by atoms with Gasteiger partial charge in [0.2, 0.25) is 5.91 Å². The molecule has 1 fully saturated rings. The molecule has 0 bridgehead atoms. The summed E-state index contributed by atoms with van der Waals surface area (Å²) in [6.45, 7) is 1.92. The maximum Gasteiger partial charge on any atom is 0.339 e. The fourth-order valence-electron chi connectivity index (χ4n) is 2.23. The van der Waals surface area contributed by atoms with E-state index >= 15 is 0 Å². The van der Waals surface area contributed by atoms with E-state index in [-0.39, 0.29) is 17.4 Å². The third-order valence-corrected chi connectivity index (χ3v) is 3.33. The maximum absolute atomic E-state index is 11.0. The van der Waals surface area contributed by atoms with Gasteiger partial charge in [-0.2, -0.15) is 0 Å². The van der Waals surface area contributed by atoms with Crippen LogP contribution in [-0.2, 0) is 11.3 Å². The van der Waals surface area contributed by atoms with Crippen molar-refractivity contribution in [2.75, 3.05) is 13.1 Å². The van der Waals surface area contributed by atoms with Crippen molar-refractivity contribution < 1.29 is 19.1 Å². The van der Waals surface area contributed by atoms with Crippen LogP contribution in [0.1, 0.15) is 29.0 Å². The summed E-state index contributed by atoms with van der Waals surface area (Å²) in [5.41, 5.74) is 5.46. The monoisotopic (exact) mass is 252 g/mol. The number of rotatable bonds is 4. The van der Waals surface area contributed by atoms with Crippen molar-refractivity contribution in [2.45, 2.75) is 19.4 Å². The number of carbonyl (C=O) groups is 2. The third kappa shape index (κ3) is 2.70. The first kappa shape index (κ1) is 12.6. The quantitative estimate of drug-likeness (QED) is 0.821. The lowest BCUT2D eigenvalue weighted by atomic mass is 9.96. The summed E-state index contributed by atoms with van der Waals surface area (Å²) in [5.74, 6) is -0.832. The zero-order chi connectivity index (χ0) is 13.1. The van der Waals surface area contributed by atoms with Gasteiger partial charge in [0.15, 0.2) is 0 Å². The van der Waals surface area contributed by atoms with Crippen LogP contribution in [0.4, 0.5) is 0 Å². The van der Waals surface area contributed by atoms with Crippen molar-refractivity contribution in [3.05, 3.63) is 23.7 Å². The van der Waals surface area contributed by atoms with E-state index < -0.39 is 5.97 Å². The molecule has 1 aliphatic heterocycles. The molecule has 0 spiro atoms. The number of likely N-dealkylation sites (tertiary alicyclic amines) is 1. The Hall–Kier alpha value is -1.82. The van der Waals surface area contributed by atoms with Crippen LogP contribution in [0.2, 0.25) is 0 Å². The zero-order valence-electron chi connectivity index (χ0n) is 9.96. The summed E-state index contributed by atoms with van der Waals surface area (Å²) in [6, 6.07) is 1.45. The molecule has 6 nitrogen and oxygen atoms in total. The Morgan fingerprint density at radius 2 is 2.11 bits per heavy atom. The molecule has 0 aliphatic carbocycles. The van der Waals surface area contributed by atoms with E-state index in [1.165, 1.54) is 12.3 Å². The molecule has 2 heterocycles. The molecule has 0 radical (unpaired) electrons. The minimum absolute atomic E-state index is 0.0585. The molecular formula is C12H16N2O4. The van der Waals surface area contributed by atoms with Crippen LogP contribution in [0.25, 0.3) is 0 Å². The van der Waals surface area contributed by atoms with Crippen molar-refractivity contribution >= 4 is 11.9 Å². The fraction of sp³-hybridized carbons (Fsp3) is 0.500. The van der Waals surface area contributed by atoms with E-state index in [0.717, 1.165) is 25.9 Å². The minimum Gasteiger partial charge on any atom is -0.478 e. The lowest BCUT2D eigenvalue weighted by Crippen LogP contribution is -2.38. The van der Waals surface area contributed by atoms with E-state index in [1.807, 2.05) is 0 Å². The number of amides is 1. The van der Waals surface area contributed by atoms with Gasteiger partial charge in [-0.25, -0.2) is 4.79 Å². The number of carboxylic acid groups (broad SMARTS) is 1. The molecule has 1 saturated heterocycles. The normalized spacial score (nSPS) is 17.8. The number of aromatic carboxylic acids is 1. The second kappa shape index (κ2) is 5.22. The highest BCUT2D eigenvalue weighted by molar-refractivity contribution is 5.88. The highest BCUT2D eigenvalue weighted by Gasteiger charge is 2.24. The van der Waals surface area contributed by atoms with Crippen LogP contribution in [-0.4, -0.2) is 35.0 Å². The molecule has 0 aromatic carbocycles. The van der Waals surface area contributed by atoms with Crippen molar-refractivity contribution in [1.29, 1.82) is 0 Å². The largest absolute Gasteiger partial charge is 0.478 e. The molecule has 3 N–H and O–H groups in total. The highest BCUT2D eigenvalue weighted by atomic mass is 16.4. The Labute approximate surface area is 104 Å². The predicted octanol–water partition coefficient (Wildman–Crippen LogP) is 0.675. The van der Waals surface area contributed by atoms with Gasteiger partial charge in [0.05, 0.1) is 12.8 Å². The summed E-state index contributed by atoms with van der Waals surface area (Å²) >= 11 is 0. The third-order valence-electron chi connectivity index (χ3n) is 3.33. The first-order valence-electron chi connectivity index (χ1n) is 5.89. The van der Waals surface area contributed by atoms with Gasteiger partial charge in [-0.1, -0.05) is 0 Å². The minimum atomic E-state index is -0.981. The topological polar surface area (TPSA) is 96.8 Å². The Balaban J connectivity index is 1.93. The van der Waals surface area contributed by atoms with Gasteiger partial charge in [0, 0.05) is 5.92 Å². The Bertz CT molecular complexity index is 447.